The number of aryl methyl sites for hydroxylation is 1. The largest absolute Gasteiger partial charge is 0.450 e. The molecule has 182 valence electrons. The number of urea groups is 1. The molecule has 2 aromatic rings. The normalized spacial score (nSPS) is 13.9. The van der Waals surface area contributed by atoms with Crippen LogP contribution in [0.4, 0.5) is 15.3 Å². The molecule has 0 radical (unpaired) electrons. The van der Waals surface area contributed by atoms with Crippen molar-refractivity contribution in [1.29, 1.82) is 0 Å². The van der Waals surface area contributed by atoms with Crippen molar-refractivity contribution in [2.24, 2.45) is 0 Å². The molecule has 0 bridgehead atoms. The van der Waals surface area contributed by atoms with Crippen LogP contribution in [-0.4, -0.2) is 72.4 Å². The van der Waals surface area contributed by atoms with E-state index in [4.69, 9.17) is 4.74 Å². The van der Waals surface area contributed by atoms with E-state index in [1.165, 1.54) is 46.2 Å². The molecule has 0 aromatic heterocycles. The molecule has 0 aliphatic carbocycles. The first-order valence-electron chi connectivity index (χ1n) is 10.7. The summed E-state index contributed by atoms with van der Waals surface area (Å²) in [6.07, 6.45) is -0.490. The average Bonchev–Trinajstić information content (AvgIpc) is 2.82. The van der Waals surface area contributed by atoms with Gasteiger partial charge in [-0.2, -0.15) is 0 Å². The number of nitro groups is 1. The summed E-state index contributed by atoms with van der Waals surface area (Å²) in [7, 11) is -4.27. The predicted octanol–water partition coefficient (Wildman–Crippen LogP) is 2.99. The van der Waals surface area contributed by atoms with Crippen molar-refractivity contribution in [3.8, 4) is 0 Å². The minimum atomic E-state index is -4.27. The van der Waals surface area contributed by atoms with Crippen molar-refractivity contribution in [2.45, 2.75) is 25.3 Å². The highest BCUT2D eigenvalue weighted by molar-refractivity contribution is 7.89. The van der Waals surface area contributed by atoms with Crippen LogP contribution in [0.5, 0.6) is 0 Å². The van der Waals surface area contributed by atoms with E-state index in [1.54, 1.807) is 19.1 Å². The third kappa shape index (κ3) is 5.63. The highest BCUT2D eigenvalue weighted by Crippen LogP contribution is 2.23. The number of hydrogen-bond acceptors (Lipinski definition) is 7. The van der Waals surface area contributed by atoms with Crippen LogP contribution in [0.1, 0.15) is 18.1 Å². The second-order valence-corrected chi connectivity index (χ2v) is 9.57. The molecular weight excluding hydrogens is 464 g/mol. The van der Waals surface area contributed by atoms with Gasteiger partial charge in [-0.15, -0.1) is 0 Å². The number of hydrogen-bond donors (Lipinski definition) is 0. The predicted molar refractivity (Wildman–Crippen MR) is 123 cm³/mol. The fourth-order valence-corrected chi connectivity index (χ4v) is 4.85. The third-order valence-corrected chi connectivity index (χ3v) is 7.08. The van der Waals surface area contributed by atoms with E-state index in [0.717, 1.165) is 9.87 Å². The Kier molecular flexibility index (Phi) is 7.72. The lowest BCUT2D eigenvalue weighted by atomic mass is 10.2. The summed E-state index contributed by atoms with van der Waals surface area (Å²) in [6.45, 7) is 3.97. The Morgan fingerprint density at radius 1 is 1.06 bits per heavy atom. The zero-order chi connectivity index (χ0) is 24.9. The molecule has 1 aliphatic heterocycles. The van der Waals surface area contributed by atoms with Gasteiger partial charge in [0, 0.05) is 38.3 Å². The van der Waals surface area contributed by atoms with Crippen LogP contribution in [0.25, 0.3) is 0 Å². The van der Waals surface area contributed by atoms with Crippen molar-refractivity contribution in [1.82, 2.24) is 14.1 Å². The number of non-ortho nitro benzene ring substituents is 1. The second-order valence-electron chi connectivity index (χ2n) is 7.71. The number of benzene rings is 2. The van der Waals surface area contributed by atoms with E-state index in [2.05, 4.69) is 0 Å². The number of amides is 3. The minimum Gasteiger partial charge on any atom is -0.450 e. The van der Waals surface area contributed by atoms with Crippen molar-refractivity contribution in [2.75, 3.05) is 32.8 Å². The molecule has 3 rings (SSSR count). The second kappa shape index (κ2) is 10.5. The first-order valence-corrected chi connectivity index (χ1v) is 12.1. The van der Waals surface area contributed by atoms with Crippen molar-refractivity contribution in [3.63, 3.8) is 0 Å². The Bertz CT molecular complexity index is 1160. The lowest BCUT2D eigenvalue weighted by Crippen LogP contribution is -2.54. The van der Waals surface area contributed by atoms with Crippen LogP contribution >= 0.6 is 0 Å². The average molecular weight is 491 g/mol. The summed E-state index contributed by atoms with van der Waals surface area (Å²) < 4.78 is 32.6. The van der Waals surface area contributed by atoms with Gasteiger partial charge in [-0.25, -0.2) is 22.3 Å². The fourth-order valence-electron chi connectivity index (χ4n) is 3.48. The highest BCUT2D eigenvalue weighted by Gasteiger charge is 2.35. The maximum absolute atomic E-state index is 13.5. The van der Waals surface area contributed by atoms with Gasteiger partial charge in [0.1, 0.15) is 0 Å². The van der Waals surface area contributed by atoms with Crippen LogP contribution in [0.2, 0.25) is 0 Å². The molecule has 1 saturated heterocycles. The number of nitrogens with zero attached hydrogens (tertiary/aromatic N) is 4. The molecule has 11 nitrogen and oxygen atoms in total. The van der Waals surface area contributed by atoms with E-state index in [9.17, 15) is 28.1 Å². The van der Waals surface area contributed by atoms with Gasteiger partial charge in [0.05, 0.1) is 23.0 Å². The van der Waals surface area contributed by atoms with Crippen molar-refractivity contribution >= 4 is 27.8 Å². The number of nitro benzene ring substituents is 1. The monoisotopic (exact) mass is 490 g/mol. The third-order valence-electron chi connectivity index (χ3n) is 5.35. The van der Waals surface area contributed by atoms with E-state index >= 15 is 0 Å². The Hall–Kier alpha value is -3.67. The summed E-state index contributed by atoms with van der Waals surface area (Å²) in [4.78, 5) is 38.7. The molecule has 0 saturated carbocycles. The van der Waals surface area contributed by atoms with E-state index in [1.807, 2.05) is 6.92 Å². The van der Waals surface area contributed by atoms with Gasteiger partial charge in [0.25, 0.3) is 15.7 Å². The van der Waals surface area contributed by atoms with Gasteiger partial charge in [-0.05, 0) is 31.5 Å². The number of piperazine rings is 1. The van der Waals surface area contributed by atoms with Crippen molar-refractivity contribution < 1.29 is 27.7 Å². The Morgan fingerprint density at radius 2 is 1.68 bits per heavy atom. The molecular formula is C22H26N4O7S. The van der Waals surface area contributed by atoms with E-state index < -0.39 is 27.1 Å². The number of carbonyl (C=O) groups excluding carboxylic acids is 2. The number of ether oxygens (including phenoxy) is 1. The zero-order valence-corrected chi connectivity index (χ0v) is 19.7. The molecule has 34 heavy (non-hydrogen) atoms. The SMILES string of the molecule is CCOC(=O)N1CCN(C(=O)N(Cc2cccc([N+](=O)[O-])c2)S(=O)(=O)c2ccc(C)cc2)CC1. The minimum absolute atomic E-state index is 0.0676. The summed E-state index contributed by atoms with van der Waals surface area (Å²) in [5.74, 6) is 0. The number of rotatable bonds is 6. The van der Waals surface area contributed by atoms with Crippen LogP contribution in [0.15, 0.2) is 53.4 Å². The molecule has 1 heterocycles. The lowest BCUT2D eigenvalue weighted by molar-refractivity contribution is -0.384. The van der Waals surface area contributed by atoms with E-state index in [-0.39, 0.29) is 49.9 Å². The summed E-state index contributed by atoms with van der Waals surface area (Å²) in [5, 5.41) is 11.2. The molecule has 12 heteroatoms. The van der Waals surface area contributed by atoms with E-state index in [0.29, 0.717) is 5.56 Å². The standard InChI is InChI=1S/C22H26N4O7S/c1-3-33-22(28)24-13-11-23(12-14-24)21(27)25(16-18-5-4-6-19(15-18)26(29)30)34(31,32)20-9-7-17(2)8-10-20/h4-10,15H,3,11-14,16H2,1-2H3. The van der Waals surface area contributed by atoms with Crippen molar-refractivity contribution in [3.05, 3.63) is 69.8 Å². The molecule has 3 amide bonds. The molecule has 0 unspecified atom stereocenters. The molecule has 1 fully saturated rings. The Balaban J connectivity index is 1.89. The Labute approximate surface area is 197 Å². The highest BCUT2D eigenvalue weighted by atomic mass is 32.2. The fraction of sp³-hybridized carbons (Fsp3) is 0.364. The zero-order valence-electron chi connectivity index (χ0n) is 18.9. The first kappa shape index (κ1) is 25.0. The summed E-state index contributed by atoms with van der Waals surface area (Å²) >= 11 is 0. The molecule has 0 N–H and O–H groups in total. The quantitative estimate of drug-likeness (QED) is 0.449. The first-order chi connectivity index (χ1) is 16.1. The van der Waals surface area contributed by atoms with Gasteiger partial charge >= 0.3 is 12.1 Å². The summed E-state index contributed by atoms with van der Waals surface area (Å²) in [5.41, 5.74) is 0.940. The molecule has 2 aromatic carbocycles. The Morgan fingerprint density at radius 3 is 2.26 bits per heavy atom. The van der Waals surface area contributed by atoms with Gasteiger partial charge in [-0.3, -0.25) is 10.1 Å². The topological polar surface area (TPSA) is 130 Å². The van der Waals surface area contributed by atoms with Crippen LogP contribution in [-0.2, 0) is 21.3 Å². The smallest absolute Gasteiger partial charge is 0.409 e. The van der Waals surface area contributed by atoms with Crippen LogP contribution in [0.3, 0.4) is 0 Å². The van der Waals surface area contributed by atoms with Gasteiger partial charge in [-0.1, -0.05) is 29.8 Å². The van der Waals surface area contributed by atoms with Gasteiger partial charge in [0.15, 0.2) is 0 Å². The molecule has 0 spiro atoms. The maximum Gasteiger partial charge on any atom is 0.409 e. The van der Waals surface area contributed by atoms with Gasteiger partial charge in [0.2, 0.25) is 0 Å². The number of sulfonamides is 1. The van der Waals surface area contributed by atoms with Gasteiger partial charge < -0.3 is 14.5 Å². The maximum atomic E-state index is 13.5. The van der Waals surface area contributed by atoms with Crippen LogP contribution in [0, 0.1) is 17.0 Å². The summed E-state index contributed by atoms with van der Waals surface area (Å²) in [6, 6.07) is 10.8. The molecule has 0 atom stereocenters. The van der Waals surface area contributed by atoms with Crippen LogP contribution < -0.4 is 0 Å². The lowest BCUT2D eigenvalue weighted by Gasteiger charge is -2.36. The number of carbonyl (C=O) groups is 2. The molecule has 1 aliphatic rings.